The molecular formula is C17H17FN2O2S. The number of carbonyl (C=O) groups is 2. The third-order valence-electron chi connectivity index (χ3n) is 3.04. The Morgan fingerprint density at radius 2 is 1.65 bits per heavy atom. The summed E-state index contributed by atoms with van der Waals surface area (Å²) in [6.07, 6.45) is -0.127. The van der Waals surface area contributed by atoms with Crippen LogP contribution >= 0.6 is 11.8 Å². The fourth-order valence-electron chi connectivity index (χ4n) is 1.82. The van der Waals surface area contributed by atoms with Crippen LogP contribution in [0.5, 0.6) is 0 Å². The number of rotatable bonds is 5. The smallest absolute Gasteiger partial charge is 0.248 e. The van der Waals surface area contributed by atoms with Gasteiger partial charge in [-0.25, -0.2) is 4.39 Å². The van der Waals surface area contributed by atoms with E-state index in [1.807, 2.05) is 31.2 Å². The Morgan fingerprint density at radius 3 is 2.35 bits per heavy atom. The molecule has 2 aromatic rings. The van der Waals surface area contributed by atoms with E-state index < -0.39 is 11.7 Å². The van der Waals surface area contributed by atoms with Gasteiger partial charge in [-0.3, -0.25) is 20.4 Å². The summed E-state index contributed by atoms with van der Waals surface area (Å²) in [4.78, 5) is 24.3. The molecule has 0 saturated carbocycles. The Labute approximate surface area is 138 Å². The lowest BCUT2D eigenvalue weighted by molar-refractivity contribution is -0.127. The van der Waals surface area contributed by atoms with Gasteiger partial charge in [0, 0.05) is 4.90 Å². The molecule has 0 bridgehead atoms. The first-order valence-electron chi connectivity index (χ1n) is 7.05. The van der Waals surface area contributed by atoms with E-state index in [2.05, 4.69) is 10.9 Å². The van der Waals surface area contributed by atoms with Crippen LogP contribution in [0, 0.1) is 12.7 Å². The summed E-state index contributed by atoms with van der Waals surface area (Å²) in [5.41, 5.74) is 6.04. The topological polar surface area (TPSA) is 58.2 Å². The molecule has 23 heavy (non-hydrogen) atoms. The lowest BCUT2D eigenvalue weighted by atomic mass is 10.1. The summed E-state index contributed by atoms with van der Waals surface area (Å²) < 4.78 is 13.4. The maximum atomic E-state index is 13.4. The minimum absolute atomic E-state index is 0.127. The van der Waals surface area contributed by atoms with Gasteiger partial charge in [0.2, 0.25) is 11.8 Å². The molecule has 0 atom stereocenters. The van der Waals surface area contributed by atoms with Crippen LogP contribution in [0.3, 0.4) is 0 Å². The highest BCUT2D eigenvalue weighted by Crippen LogP contribution is 2.17. The Balaban J connectivity index is 1.72. The molecule has 2 amide bonds. The van der Waals surface area contributed by atoms with E-state index in [4.69, 9.17) is 0 Å². The highest BCUT2D eigenvalue weighted by Gasteiger charge is 2.09. The molecule has 120 valence electrons. The molecule has 0 fully saturated rings. The molecule has 2 aromatic carbocycles. The van der Waals surface area contributed by atoms with Gasteiger partial charge in [-0.1, -0.05) is 35.9 Å². The van der Waals surface area contributed by atoms with Gasteiger partial charge >= 0.3 is 0 Å². The van der Waals surface area contributed by atoms with Crippen LogP contribution < -0.4 is 10.9 Å². The molecule has 6 heteroatoms. The zero-order valence-electron chi connectivity index (χ0n) is 12.6. The summed E-state index contributed by atoms with van der Waals surface area (Å²) in [7, 11) is 0. The van der Waals surface area contributed by atoms with E-state index in [1.165, 1.54) is 23.9 Å². The SMILES string of the molecule is Cc1ccc(SCC(=O)NNC(=O)Cc2ccccc2F)cc1. The predicted octanol–water partition coefficient (Wildman–Crippen LogP) is 2.62. The normalized spacial score (nSPS) is 10.2. The van der Waals surface area contributed by atoms with E-state index in [1.54, 1.807) is 12.1 Å². The van der Waals surface area contributed by atoms with Gasteiger partial charge in [-0.15, -0.1) is 11.8 Å². The van der Waals surface area contributed by atoms with Gasteiger partial charge in [0.15, 0.2) is 0 Å². The number of thioether (sulfide) groups is 1. The number of benzene rings is 2. The van der Waals surface area contributed by atoms with Crippen LogP contribution in [0.1, 0.15) is 11.1 Å². The van der Waals surface area contributed by atoms with Crippen molar-refractivity contribution in [2.45, 2.75) is 18.2 Å². The minimum atomic E-state index is -0.469. The van der Waals surface area contributed by atoms with Gasteiger partial charge in [-0.2, -0.15) is 0 Å². The van der Waals surface area contributed by atoms with Crippen molar-refractivity contribution < 1.29 is 14.0 Å². The van der Waals surface area contributed by atoms with Crippen molar-refractivity contribution in [3.8, 4) is 0 Å². The predicted molar refractivity (Wildman–Crippen MR) is 88.3 cm³/mol. The van der Waals surface area contributed by atoms with Crippen molar-refractivity contribution in [2.75, 3.05) is 5.75 Å². The second kappa shape index (κ2) is 8.33. The first-order chi connectivity index (χ1) is 11.0. The first kappa shape index (κ1) is 17.0. The number of halogens is 1. The number of carbonyl (C=O) groups excluding carboxylic acids is 2. The molecule has 2 N–H and O–H groups in total. The number of aryl methyl sites for hydroxylation is 1. The van der Waals surface area contributed by atoms with Gasteiger partial charge in [0.25, 0.3) is 0 Å². The Hall–Kier alpha value is -2.34. The Morgan fingerprint density at radius 1 is 1.00 bits per heavy atom. The molecule has 0 unspecified atom stereocenters. The third kappa shape index (κ3) is 5.75. The second-order valence-electron chi connectivity index (χ2n) is 4.97. The van der Waals surface area contributed by atoms with E-state index in [0.29, 0.717) is 0 Å². The highest BCUT2D eigenvalue weighted by molar-refractivity contribution is 8.00. The maximum Gasteiger partial charge on any atom is 0.248 e. The lowest BCUT2D eigenvalue weighted by Gasteiger charge is -2.08. The van der Waals surface area contributed by atoms with E-state index in [-0.39, 0.29) is 23.6 Å². The molecule has 0 aliphatic heterocycles. The molecule has 0 radical (unpaired) electrons. The van der Waals surface area contributed by atoms with Crippen LogP contribution in [0.2, 0.25) is 0 Å². The number of amides is 2. The van der Waals surface area contributed by atoms with E-state index >= 15 is 0 Å². The second-order valence-corrected chi connectivity index (χ2v) is 6.02. The Kier molecular flexibility index (Phi) is 6.17. The van der Waals surface area contributed by atoms with Crippen molar-refractivity contribution in [3.63, 3.8) is 0 Å². The van der Waals surface area contributed by atoms with Crippen molar-refractivity contribution in [3.05, 3.63) is 65.5 Å². The van der Waals surface area contributed by atoms with E-state index in [9.17, 15) is 14.0 Å². The molecule has 0 spiro atoms. The summed E-state index contributed by atoms with van der Waals surface area (Å²) in [5, 5.41) is 0. The zero-order valence-corrected chi connectivity index (χ0v) is 13.5. The lowest BCUT2D eigenvalue weighted by Crippen LogP contribution is -2.43. The average Bonchev–Trinajstić information content (AvgIpc) is 2.54. The molecule has 0 saturated heterocycles. The summed E-state index contributed by atoms with van der Waals surface area (Å²) in [5.74, 6) is -1.05. The molecule has 0 aliphatic carbocycles. The fraction of sp³-hybridized carbons (Fsp3) is 0.176. The summed E-state index contributed by atoms with van der Waals surface area (Å²) in [6.45, 7) is 1.99. The number of hydrazine groups is 1. The largest absolute Gasteiger partial charge is 0.273 e. The van der Waals surface area contributed by atoms with Gasteiger partial charge in [0.05, 0.1) is 12.2 Å². The molecule has 0 heterocycles. The van der Waals surface area contributed by atoms with Gasteiger partial charge < -0.3 is 0 Å². The molecule has 4 nitrogen and oxygen atoms in total. The van der Waals surface area contributed by atoms with Crippen LogP contribution in [-0.4, -0.2) is 17.6 Å². The Bertz CT molecular complexity index is 689. The van der Waals surface area contributed by atoms with Crippen molar-refractivity contribution in [1.29, 1.82) is 0 Å². The minimum Gasteiger partial charge on any atom is -0.273 e. The summed E-state index contributed by atoms with van der Waals surface area (Å²) in [6, 6.07) is 13.8. The third-order valence-corrected chi connectivity index (χ3v) is 4.05. The molecule has 0 aliphatic rings. The fourth-order valence-corrected chi connectivity index (χ4v) is 2.52. The quantitative estimate of drug-likeness (QED) is 0.654. The van der Waals surface area contributed by atoms with Crippen LogP contribution in [-0.2, 0) is 16.0 Å². The number of hydrogen-bond donors (Lipinski definition) is 2. The molecule has 2 rings (SSSR count). The van der Waals surface area contributed by atoms with Crippen molar-refractivity contribution >= 4 is 23.6 Å². The molecular weight excluding hydrogens is 315 g/mol. The van der Waals surface area contributed by atoms with E-state index in [0.717, 1.165) is 10.5 Å². The maximum absolute atomic E-state index is 13.4. The van der Waals surface area contributed by atoms with Crippen LogP contribution in [0.25, 0.3) is 0 Å². The summed E-state index contributed by atoms with van der Waals surface area (Å²) >= 11 is 1.37. The van der Waals surface area contributed by atoms with Crippen molar-refractivity contribution in [2.24, 2.45) is 0 Å². The monoisotopic (exact) mass is 332 g/mol. The standard InChI is InChI=1S/C17H17FN2O2S/c1-12-6-8-14(9-7-12)23-11-17(22)20-19-16(21)10-13-4-2-3-5-15(13)18/h2-9H,10-11H2,1H3,(H,19,21)(H,20,22). The highest BCUT2D eigenvalue weighted by atomic mass is 32.2. The van der Waals surface area contributed by atoms with Crippen molar-refractivity contribution in [1.82, 2.24) is 10.9 Å². The van der Waals surface area contributed by atoms with Gasteiger partial charge in [-0.05, 0) is 30.7 Å². The molecule has 0 aromatic heterocycles. The first-order valence-corrected chi connectivity index (χ1v) is 8.04. The van der Waals surface area contributed by atoms with Crippen LogP contribution in [0.4, 0.5) is 4.39 Å². The average molecular weight is 332 g/mol. The van der Waals surface area contributed by atoms with Crippen LogP contribution in [0.15, 0.2) is 53.4 Å². The number of hydrogen-bond acceptors (Lipinski definition) is 3. The number of nitrogens with one attached hydrogen (secondary N) is 2. The zero-order chi connectivity index (χ0) is 16.7. The van der Waals surface area contributed by atoms with Gasteiger partial charge in [0.1, 0.15) is 5.82 Å².